The molecular formula is C17H18BrNO2. The molecule has 0 heterocycles. The van der Waals surface area contributed by atoms with Gasteiger partial charge in [-0.25, -0.2) is 0 Å². The van der Waals surface area contributed by atoms with Crippen molar-refractivity contribution in [2.24, 2.45) is 0 Å². The van der Waals surface area contributed by atoms with Crippen molar-refractivity contribution in [2.45, 2.75) is 18.9 Å². The van der Waals surface area contributed by atoms with Crippen LogP contribution in [0.25, 0.3) is 0 Å². The van der Waals surface area contributed by atoms with Crippen LogP contribution in [0.5, 0.6) is 11.5 Å². The van der Waals surface area contributed by atoms with E-state index in [2.05, 4.69) is 39.4 Å². The van der Waals surface area contributed by atoms with E-state index in [9.17, 15) is 0 Å². The Morgan fingerprint density at radius 2 is 1.81 bits per heavy atom. The molecule has 0 saturated heterocycles. The summed E-state index contributed by atoms with van der Waals surface area (Å²) in [6, 6.07) is 12.6. The van der Waals surface area contributed by atoms with E-state index in [0.29, 0.717) is 6.04 Å². The van der Waals surface area contributed by atoms with Crippen molar-refractivity contribution >= 4 is 21.6 Å². The zero-order valence-electron chi connectivity index (χ0n) is 12.2. The Hall–Kier alpha value is -1.68. The summed E-state index contributed by atoms with van der Waals surface area (Å²) in [6.45, 7) is 0. The lowest BCUT2D eigenvalue weighted by molar-refractivity contribution is 0.394. The monoisotopic (exact) mass is 347 g/mol. The van der Waals surface area contributed by atoms with Crippen LogP contribution in [0.2, 0.25) is 0 Å². The molecule has 0 spiro atoms. The van der Waals surface area contributed by atoms with E-state index in [-0.39, 0.29) is 0 Å². The Morgan fingerprint density at radius 1 is 1.10 bits per heavy atom. The predicted molar refractivity (Wildman–Crippen MR) is 88.4 cm³/mol. The molecule has 4 heteroatoms. The van der Waals surface area contributed by atoms with Crippen LogP contribution in [0.15, 0.2) is 40.9 Å². The number of hydrogen-bond acceptors (Lipinski definition) is 3. The minimum absolute atomic E-state index is 0.328. The molecule has 1 unspecified atom stereocenters. The van der Waals surface area contributed by atoms with Crippen LogP contribution in [0.1, 0.15) is 23.6 Å². The topological polar surface area (TPSA) is 30.5 Å². The molecule has 1 aliphatic rings. The summed E-state index contributed by atoms with van der Waals surface area (Å²) >= 11 is 3.64. The summed E-state index contributed by atoms with van der Waals surface area (Å²) < 4.78 is 11.8. The predicted octanol–water partition coefficient (Wildman–Crippen LogP) is 4.57. The Balaban J connectivity index is 1.87. The lowest BCUT2D eigenvalue weighted by Crippen LogP contribution is -2.07. The van der Waals surface area contributed by atoms with Crippen LogP contribution < -0.4 is 14.8 Å². The molecule has 0 amide bonds. The second-order valence-corrected chi connectivity index (χ2v) is 6.00. The fraction of sp³-hybridized carbons (Fsp3) is 0.294. The van der Waals surface area contributed by atoms with Gasteiger partial charge in [-0.15, -0.1) is 0 Å². The molecule has 0 aromatic heterocycles. The van der Waals surface area contributed by atoms with Crippen LogP contribution in [0.4, 0.5) is 5.69 Å². The average Bonchev–Trinajstić information content (AvgIpc) is 2.91. The zero-order valence-corrected chi connectivity index (χ0v) is 13.7. The molecule has 0 saturated carbocycles. The molecule has 1 aliphatic carbocycles. The lowest BCUT2D eigenvalue weighted by Gasteiger charge is -2.17. The van der Waals surface area contributed by atoms with Gasteiger partial charge in [0, 0.05) is 28.4 Å². The maximum Gasteiger partial charge on any atom is 0.124 e. The van der Waals surface area contributed by atoms with Crippen LogP contribution in [-0.4, -0.2) is 14.2 Å². The van der Waals surface area contributed by atoms with E-state index in [1.807, 2.05) is 18.2 Å². The first kappa shape index (κ1) is 14.3. The minimum atomic E-state index is 0.328. The van der Waals surface area contributed by atoms with Crippen LogP contribution in [0, 0.1) is 0 Å². The normalized spacial score (nSPS) is 16.4. The molecule has 0 bridgehead atoms. The number of hydrogen-bond donors (Lipinski definition) is 1. The van der Waals surface area contributed by atoms with Gasteiger partial charge in [0.2, 0.25) is 0 Å². The van der Waals surface area contributed by atoms with Gasteiger partial charge in [-0.05, 0) is 30.0 Å². The summed E-state index contributed by atoms with van der Waals surface area (Å²) in [7, 11) is 3.33. The molecule has 0 aliphatic heterocycles. The van der Waals surface area contributed by atoms with E-state index in [1.165, 1.54) is 15.6 Å². The fourth-order valence-electron chi connectivity index (χ4n) is 2.85. The van der Waals surface area contributed by atoms with Crippen molar-refractivity contribution in [3.63, 3.8) is 0 Å². The third kappa shape index (κ3) is 2.86. The second kappa shape index (κ2) is 5.98. The van der Waals surface area contributed by atoms with Gasteiger partial charge < -0.3 is 14.8 Å². The Morgan fingerprint density at radius 3 is 2.48 bits per heavy atom. The summed E-state index contributed by atoms with van der Waals surface area (Å²) in [5.74, 6) is 1.59. The Kier molecular flexibility index (Phi) is 4.06. The largest absolute Gasteiger partial charge is 0.497 e. The summed E-state index contributed by atoms with van der Waals surface area (Å²) in [5.41, 5.74) is 3.79. The molecule has 1 atom stereocenters. The number of benzene rings is 2. The lowest BCUT2D eigenvalue weighted by atomic mass is 10.1. The van der Waals surface area contributed by atoms with Crippen molar-refractivity contribution in [2.75, 3.05) is 19.5 Å². The molecule has 0 radical (unpaired) electrons. The first-order chi connectivity index (χ1) is 10.2. The molecule has 2 aromatic carbocycles. The molecule has 21 heavy (non-hydrogen) atoms. The maximum atomic E-state index is 5.32. The molecule has 1 N–H and O–H groups in total. The van der Waals surface area contributed by atoms with E-state index in [4.69, 9.17) is 9.47 Å². The fourth-order valence-corrected chi connectivity index (χ4v) is 3.43. The SMILES string of the molecule is COc1cc(NC2CCc3c(Br)cccc32)cc(OC)c1. The van der Waals surface area contributed by atoms with E-state index < -0.39 is 0 Å². The molecule has 2 aromatic rings. The van der Waals surface area contributed by atoms with Crippen LogP contribution in [0.3, 0.4) is 0 Å². The average molecular weight is 348 g/mol. The molecule has 3 nitrogen and oxygen atoms in total. The minimum Gasteiger partial charge on any atom is -0.497 e. The third-order valence-electron chi connectivity index (χ3n) is 3.91. The van der Waals surface area contributed by atoms with Gasteiger partial charge >= 0.3 is 0 Å². The number of fused-ring (bicyclic) bond motifs is 1. The molecule has 0 fully saturated rings. The van der Waals surface area contributed by atoms with E-state index in [1.54, 1.807) is 14.2 Å². The highest BCUT2D eigenvalue weighted by Crippen LogP contribution is 2.38. The van der Waals surface area contributed by atoms with Gasteiger partial charge in [0.15, 0.2) is 0 Å². The van der Waals surface area contributed by atoms with E-state index in [0.717, 1.165) is 30.0 Å². The zero-order chi connectivity index (χ0) is 14.8. The first-order valence-corrected chi connectivity index (χ1v) is 7.77. The van der Waals surface area contributed by atoms with Crippen molar-refractivity contribution < 1.29 is 9.47 Å². The number of rotatable bonds is 4. The number of halogens is 1. The van der Waals surface area contributed by atoms with Gasteiger partial charge in [0.1, 0.15) is 11.5 Å². The van der Waals surface area contributed by atoms with Crippen molar-refractivity contribution in [3.05, 3.63) is 52.0 Å². The Bertz CT molecular complexity index is 635. The van der Waals surface area contributed by atoms with Gasteiger partial charge in [-0.3, -0.25) is 0 Å². The van der Waals surface area contributed by atoms with Gasteiger partial charge in [0.25, 0.3) is 0 Å². The van der Waals surface area contributed by atoms with Gasteiger partial charge in [0.05, 0.1) is 20.3 Å². The van der Waals surface area contributed by atoms with Gasteiger partial charge in [-0.1, -0.05) is 28.1 Å². The van der Waals surface area contributed by atoms with Gasteiger partial charge in [-0.2, -0.15) is 0 Å². The van der Waals surface area contributed by atoms with Crippen LogP contribution in [-0.2, 0) is 6.42 Å². The first-order valence-electron chi connectivity index (χ1n) is 6.98. The Labute approximate surface area is 133 Å². The number of nitrogens with one attached hydrogen (secondary N) is 1. The maximum absolute atomic E-state index is 5.32. The van der Waals surface area contributed by atoms with E-state index >= 15 is 0 Å². The highest BCUT2D eigenvalue weighted by atomic mass is 79.9. The molecular weight excluding hydrogens is 330 g/mol. The van der Waals surface area contributed by atoms with Crippen molar-refractivity contribution in [3.8, 4) is 11.5 Å². The number of anilines is 1. The quantitative estimate of drug-likeness (QED) is 0.878. The van der Waals surface area contributed by atoms with Crippen LogP contribution >= 0.6 is 15.9 Å². The van der Waals surface area contributed by atoms with Crippen molar-refractivity contribution in [1.82, 2.24) is 0 Å². The highest BCUT2D eigenvalue weighted by Gasteiger charge is 2.24. The number of methoxy groups -OCH3 is 2. The summed E-state index contributed by atoms with van der Waals surface area (Å²) in [6.07, 6.45) is 2.19. The molecule has 3 rings (SSSR count). The third-order valence-corrected chi connectivity index (χ3v) is 4.65. The smallest absolute Gasteiger partial charge is 0.124 e. The second-order valence-electron chi connectivity index (χ2n) is 5.14. The summed E-state index contributed by atoms with van der Waals surface area (Å²) in [5, 5.41) is 3.59. The molecule has 110 valence electrons. The number of ether oxygens (including phenoxy) is 2. The standard InChI is InChI=1S/C17H18BrNO2/c1-20-12-8-11(9-13(10-12)21-2)19-17-7-6-14-15(17)4-3-5-16(14)18/h3-5,8-10,17,19H,6-7H2,1-2H3. The van der Waals surface area contributed by atoms with Crippen molar-refractivity contribution in [1.29, 1.82) is 0 Å². The summed E-state index contributed by atoms with van der Waals surface area (Å²) in [4.78, 5) is 0. The highest BCUT2D eigenvalue weighted by molar-refractivity contribution is 9.10.